The zero-order valence-corrected chi connectivity index (χ0v) is 18.9. The molecule has 5 heteroatoms. The van der Waals surface area contributed by atoms with E-state index in [2.05, 4.69) is 41.5 Å². The number of hydrogen-bond donors (Lipinski definition) is 1. The summed E-state index contributed by atoms with van der Waals surface area (Å²) in [6, 6.07) is 0. The third kappa shape index (κ3) is 6.25. The van der Waals surface area contributed by atoms with Crippen molar-refractivity contribution in [2.24, 2.45) is 0 Å². The molecule has 1 heterocycles. The number of thioether (sulfide) groups is 2. The van der Waals surface area contributed by atoms with Crippen LogP contribution >= 0.6 is 23.5 Å². The molecule has 1 unspecified atom stereocenters. The fraction of sp³-hybridized carbons (Fsp3) is 1.00. The van der Waals surface area contributed by atoms with E-state index in [0.29, 0.717) is 27.8 Å². The highest BCUT2D eigenvalue weighted by Gasteiger charge is 2.45. The zero-order valence-electron chi connectivity index (χ0n) is 16.2. The van der Waals surface area contributed by atoms with E-state index in [-0.39, 0.29) is 0 Å². The Morgan fingerprint density at radius 1 is 1.04 bits per heavy atom. The van der Waals surface area contributed by atoms with E-state index in [1.807, 2.05) is 30.4 Å². The smallest absolute Gasteiger partial charge is 0.200 e. The first-order chi connectivity index (χ1) is 10.6. The first kappa shape index (κ1) is 21.9. The molecule has 2 nitrogen and oxygen atoms in total. The van der Waals surface area contributed by atoms with Crippen molar-refractivity contribution >= 4 is 31.8 Å². The van der Waals surface area contributed by atoms with Crippen LogP contribution in [-0.4, -0.2) is 41.7 Å². The van der Waals surface area contributed by atoms with Crippen molar-refractivity contribution in [3.63, 3.8) is 0 Å². The van der Waals surface area contributed by atoms with Crippen molar-refractivity contribution < 1.29 is 9.53 Å². The van der Waals surface area contributed by atoms with Crippen LogP contribution in [-0.2, 0) is 4.43 Å². The average molecular weight is 379 g/mol. The minimum Gasteiger partial charge on any atom is -0.416 e. The Morgan fingerprint density at radius 2 is 1.52 bits per heavy atom. The summed E-state index contributed by atoms with van der Waals surface area (Å²) in [5, 5.41) is 10.8. The van der Waals surface area contributed by atoms with E-state index < -0.39 is 13.9 Å². The number of aliphatic hydroxyl groups is 1. The molecule has 0 aliphatic carbocycles. The van der Waals surface area contributed by atoms with Gasteiger partial charge in [-0.05, 0) is 54.3 Å². The standard InChI is InChI=1S/C18H38O2S2Si/c1-14(2)23(15(3)4,16(5)6)20-10-9-18(7,19)13-17-21-11-8-12-22-17/h14-17,19H,8-13H2,1-7H3. The normalized spacial score (nSPS) is 20.5. The molecule has 1 N–H and O–H groups in total. The summed E-state index contributed by atoms with van der Waals surface area (Å²) in [4.78, 5) is 0. The summed E-state index contributed by atoms with van der Waals surface area (Å²) < 4.78 is 7.16. The quantitative estimate of drug-likeness (QED) is 0.505. The van der Waals surface area contributed by atoms with Gasteiger partial charge in [-0.25, -0.2) is 0 Å². The van der Waals surface area contributed by atoms with Gasteiger partial charge in [-0.15, -0.1) is 23.5 Å². The van der Waals surface area contributed by atoms with Gasteiger partial charge in [0.05, 0.1) is 10.2 Å². The Morgan fingerprint density at radius 3 is 1.96 bits per heavy atom. The lowest BCUT2D eigenvalue weighted by Gasteiger charge is -2.43. The molecule has 1 aliphatic rings. The molecule has 1 rings (SSSR count). The maximum Gasteiger partial charge on any atom is 0.200 e. The largest absolute Gasteiger partial charge is 0.416 e. The molecule has 0 aromatic rings. The predicted molar refractivity (Wildman–Crippen MR) is 110 cm³/mol. The van der Waals surface area contributed by atoms with Crippen LogP contribution in [0.15, 0.2) is 0 Å². The molecule has 1 fully saturated rings. The Bertz CT molecular complexity index is 318. The summed E-state index contributed by atoms with van der Waals surface area (Å²) in [5.41, 5.74) is 1.22. The van der Waals surface area contributed by atoms with Crippen molar-refractivity contribution in [3.8, 4) is 0 Å². The van der Waals surface area contributed by atoms with Gasteiger partial charge in [0.1, 0.15) is 0 Å². The van der Waals surface area contributed by atoms with E-state index >= 15 is 0 Å². The van der Waals surface area contributed by atoms with E-state index in [9.17, 15) is 5.11 Å². The van der Waals surface area contributed by atoms with Gasteiger partial charge in [0.25, 0.3) is 0 Å². The van der Waals surface area contributed by atoms with Crippen LogP contribution in [0.2, 0.25) is 16.6 Å². The molecule has 0 aromatic carbocycles. The highest BCUT2D eigenvalue weighted by atomic mass is 32.2. The lowest BCUT2D eigenvalue weighted by atomic mass is 10.00. The number of rotatable bonds is 9. The minimum absolute atomic E-state index is 0.557. The van der Waals surface area contributed by atoms with Gasteiger partial charge in [0.2, 0.25) is 0 Å². The SMILES string of the molecule is CC(C)[Si](OCCC(C)(O)CC1SCCCS1)(C(C)C)C(C)C. The van der Waals surface area contributed by atoms with E-state index in [1.54, 1.807) is 0 Å². The predicted octanol–water partition coefficient (Wildman–Crippen LogP) is 5.91. The van der Waals surface area contributed by atoms with Gasteiger partial charge in [-0.2, -0.15) is 0 Å². The Labute approximate surface area is 154 Å². The van der Waals surface area contributed by atoms with Crippen LogP contribution < -0.4 is 0 Å². The van der Waals surface area contributed by atoms with Crippen molar-refractivity contribution in [3.05, 3.63) is 0 Å². The molecule has 0 bridgehead atoms. The van der Waals surface area contributed by atoms with Gasteiger partial charge >= 0.3 is 0 Å². The third-order valence-electron chi connectivity index (χ3n) is 5.20. The highest BCUT2D eigenvalue weighted by molar-refractivity contribution is 8.17. The molecule has 1 saturated heterocycles. The molecule has 1 aliphatic heterocycles. The fourth-order valence-corrected chi connectivity index (χ4v) is 12.8. The summed E-state index contributed by atoms with van der Waals surface area (Å²) >= 11 is 4.03. The van der Waals surface area contributed by atoms with Crippen LogP contribution in [0.3, 0.4) is 0 Å². The minimum atomic E-state index is -1.80. The van der Waals surface area contributed by atoms with E-state index in [0.717, 1.165) is 12.8 Å². The maximum atomic E-state index is 10.8. The van der Waals surface area contributed by atoms with Crippen molar-refractivity contribution in [1.29, 1.82) is 0 Å². The zero-order chi connectivity index (χ0) is 17.7. The lowest BCUT2D eigenvalue weighted by Crippen LogP contribution is -2.48. The van der Waals surface area contributed by atoms with Crippen molar-refractivity contribution in [2.75, 3.05) is 18.1 Å². The first-order valence-electron chi connectivity index (χ1n) is 9.21. The second kappa shape index (κ2) is 9.51. The molecular weight excluding hydrogens is 340 g/mol. The van der Waals surface area contributed by atoms with Crippen LogP contribution in [0, 0.1) is 0 Å². The molecule has 0 saturated carbocycles. The summed E-state index contributed by atoms with van der Waals surface area (Å²) in [5.74, 6) is 2.49. The lowest BCUT2D eigenvalue weighted by molar-refractivity contribution is 0.0304. The maximum absolute atomic E-state index is 10.8. The topological polar surface area (TPSA) is 29.5 Å². The second-order valence-corrected chi connectivity index (χ2v) is 16.5. The van der Waals surface area contributed by atoms with Crippen LogP contribution in [0.4, 0.5) is 0 Å². The molecule has 0 spiro atoms. The first-order valence-corrected chi connectivity index (χ1v) is 13.4. The van der Waals surface area contributed by atoms with E-state index in [4.69, 9.17) is 4.43 Å². The average Bonchev–Trinajstić information content (AvgIpc) is 2.42. The molecule has 0 radical (unpaired) electrons. The molecule has 138 valence electrons. The van der Waals surface area contributed by atoms with Gasteiger partial charge < -0.3 is 9.53 Å². The van der Waals surface area contributed by atoms with Gasteiger partial charge in [-0.1, -0.05) is 41.5 Å². The van der Waals surface area contributed by atoms with Crippen LogP contribution in [0.5, 0.6) is 0 Å². The summed E-state index contributed by atoms with van der Waals surface area (Å²) in [6.07, 6.45) is 2.94. The Balaban J connectivity index is 2.57. The second-order valence-electron chi connectivity index (χ2n) is 8.14. The molecule has 23 heavy (non-hydrogen) atoms. The summed E-state index contributed by atoms with van der Waals surface area (Å²) in [7, 11) is -1.80. The fourth-order valence-electron chi connectivity index (χ4n) is 4.06. The monoisotopic (exact) mass is 378 g/mol. The molecule has 0 aromatic heterocycles. The Kier molecular flexibility index (Phi) is 9.05. The van der Waals surface area contributed by atoms with Gasteiger partial charge in [-0.3, -0.25) is 0 Å². The van der Waals surface area contributed by atoms with Crippen molar-refractivity contribution in [1.82, 2.24) is 0 Å². The van der Waals surface area contributed by atoms with Gasteiger partial charge in [0.15, 0.2) is 8.32 Å². The Hall–Kier alpha value is 0.837. The highest BCUT2D eigenvalue weighted by Crippen LogP contribution is 2.43. The summed E-state index contributed by atoms with van der Waals surface area (Å²) in [6.45, 7) is 16.6. The molecule has 1 atom stereocenters. The number of hydrogen-bond acceptors (Lipinski definition) is 4. The van der Waals surface area contributed by atoms with E-state index in [1.165, 1.54) is 17.9 Å². The third-order valence-corrected chi connectivity index (χ3v) is 14.3. The van der Waals surface area contributed by atoms with Crippen LogP contribution in [0.25, 0.3) is 0 Å². The molecular formula is C18H38O2S2Si. The van der Waals surface area contributed by atoms with Crippen LogP contribution in [0.1, 0.15) is 67.7 Å². The van der Waals surface area contributed by atoms with Crippen molar-refractivity contribution in [2.45, 2.75) is 94.5 Å². The molecule has 0 amide bonds. The van der Waals surface area contributed by atoms with Gasteiger partial charge in [0, 0.05) is 6.61 Å².